The van der Waals surface area contributed by atoms with Crippen molar-refractivity contribution in [1.29, 1.82) is 0 Å². The Morgan fingerprint density at radius 3 is 2.02 bits per heavy atom. The van der Waals surface area contributed by atoms with Gasteiger partial charge in [-0.2, -0.15) is 0 Å². The van der Waals surface area contributed by atoms with Crippen molar-refractivity contribution in [2.75, 3.05) is 16.4 Å². The molecule has 0 aliphatic carbocycles. The first-order valence-corrected chi connectivity index (χ1v) is 14.6. The summed E-state index contributed by atoms with van der Waals surface area (Å²) in [4.78, 5) is 41.1. The largest absolute Gasteiger partial charge is 0.490 e. The van der Waals surface area contributed by atoms with Crippen molar-refractivity contribution in [2.45, 2.75) is 13.5 Å². The Morgan fingerprint density at radius 1 is 0.860 bits per heavy atom. The molecule has 0 bridgehead atoms. The molecular weight excluding hydrogens is 681 g/mol. The van der Waals surface area contributed by atoms with Crippen molar-refractivity contribution in [2.24, 2.45) is 0 Å². The number of rotatable bonds is 9. The molecule has 1 heterocycles. The van der Waals surface area contributed by atoms with Crippen molar-refractivity contribution >= 4 is 74.9 Å². The number of carbonyl (C=O) groups is 2. The Labute approximate surface area is 266 Å². The number of nitro groups is 1. The highest BCUT2D eigenvalue weighted by Crippen LogP contribution is 2.37. The van der Waals surface area contributed by atoms with Gasteiger partial charge < -0.3 is 9.47 Å². The lowest BCUT2D eigenvalue weighted by Gasteiger charge is -2.36. The lowest BCUT2D eigenvalue weighted by Crippen LogP contribution is -2.56. The van der Waals surface area contributed by atoms with Gasteiger partial charge in [-0.05, 0) is 95.3 Å². The maximum atomic E-state index is 13.8. The number of hydrogen-bond acceptors (Lipinski definition) is 7. The summed E-state index contributed by atoms with van der Waals surface area (Å²) in [6.07, 6.45) is 1.52. The van der Waals surface area contributed by atoms with Crippen LogP contribution in [0, 0.1) is 13.7 Å². The molecule has 0 saturated carbocycles. The minimum atomic E-state index is -0.549. The molecule has 0 aromatic heterocycles. The fourth-order valence-corrected chi connectivity index (χ4v) is 5.65. The molecule has 11 heteroatoms. The number of nitrogens with zero attached hydrogens (tertiary/aromatic N) is 3. The highest BCUT2D eigenvalue weighted by molar-refractivity contribution is 14.1. The molecule has 1 fully saturated rings. The quantitative estimate of drug-likeness (QED) is 0.0465. The molecule has 0 N–H and O–H groups in total. The minimum absolute atomic E-state index is 0.0295. The zero-order valence-electron chi connectivity index (χ0n) is 22.8. The lowest BCUT2D eigenvalue weighted by atomic mass is 10.0. The van der Waals surface area contributed by atoms with Gasteiger partial charge in [-0.3, -0.25) is 29.5 Å². The molecule has 4 aromatic carbocycles. The molecule has 1 aliphatic rings. The summed E-state index contributed by atoms with van der Waals surface area (Å²) in [5.41, 5.74) is 2.12. The molecule has 0 spiro atoms. The molecular formula is C32H24IN3O6S. The molecule has 2 amide bonds. The van der Waals surface area contributed by atoms with Crippen molar-refractivity contribution in [3.05, 3.63) is 127 Å². The van der Waals surface area contributed by atoms with Gasteiger partial charge in [0.15, 0.2) is 16.6 Å². The summed E-state index contributed by atoms with van der Waals surface area (Å²) in [6, 6.07) is 27.5. The van der Waals surface area contributed by atoms with Crippen LogP contribution in [-0.2, 0) is 16.2 Å². The number of ether oxygens (including phenoxy) is 2. The van der Waals surface area contributed by atoms with Gasteiger partial charge in [0.05, 0.1) is 26.5 Å². The molecule has 1 saturated heterocycles. The third-order valence-electron chi connectivity index (χ3n) is 6.43. The van der Waals surface area contributed by atoms with Crippen LogP contribution in [0.5, 0.6) is 11.5 Å². The zero-order valence-corrected chi connectivity index (χ0v) is 25.8. The van der Waals surface area contributed by atoms with Gasteiger partial charge in [0.1, 0.15) is 12.2 Å². The number of para-hydroxylation sites is 2. The van der Waals surface area contributed by atoms with E-state index in [4.69, 9.17) is 21.7 Å². The van der Waals surface area contributed by atoms with Crippen LogP contribution < -0.4 is 19.3 Å². The van der Waals surface area contributed by atoms with E-state index >= 15 is 0 Å². The van der Waals surface area contributed by atoms with E-state index in [-0.39, 0.29) is 23.0 Å². The minimum Gasteiger partial charge on any atom is -0.490 e. The van der Waals surface area contributed by atoms with Crippen molar-refractivity contribution in [3.8, 4) is 11.5 Å². The molecule has 1 aliphatic heterocycles. The third-order valence-corrected chi connectivity index (χ3v) is 7.59. The number of nitro benzene ring substituents is 1. The third kappa shape index (κ3) is 6.42. The topological polar surface area (TPSA) is 102 Å². The standard InChI is InChI=1S/C32H24IN3O6S/c1-2-41-28-19-22(18-27(33)29(28)42-20-21-10-9-15-25(16-21)36(39)40)17-26-30(37)34(23-11-5-3-6-12-23)32(43)35(31(26)38)24-13-7-4-8-14-24/h3-19H,2,20H2,1H3. The van der Waals surface area contributed by atoms with E-state index in [1.807, 2.05) is 19.1 Å². The highest BCUT2D eigenvalue weighted by atomic mass is 127. The number of halogens is 1. The second-order valence-corrected chi connectivity index (χ2v) is 10.8. The van der Waals surface area contributed by atoms with Crippen LogP contribution in [0.25, 0.3) is 6.08 Å². The summed E-state index contributed by atoms with van der Waals surface area (Å²) in [7, 11) is 0. The number of carbonyl (C=O) groups excluding carboxylic acids is 2. The SMILES string of the molecule is CCOc1cc(C=C2C(=O)N(c3ccccc3)C(=S)N(c3ccccc3)C2=O)cc(I)c1OCc1cccc([N+](=O)[O-])c1. The van der Waals surface area contributed by atoms with Crippen LogP contribution in [0.2, 0.25) is 0 Å². The molecule has 0 unspecified atom stereocenters. The van der Waals surface area contributed by atoms with Gasteiger partial charge in [0.2, 0.25) is 0 Å². The van der Waals surface area contributed by atoms with Gasteiger partial charge in [-0.25, -0.2) is 0 Å². The van der Waals surface area contributed by atoms with Crippen molar-refractivity contribution in [1.82, 2.24) is 0 Å². The van der Waals surface area contributed by atoms with Crippen LogP contribution in [0.3, 0.4) is 0 Å². The number of hydrogen-bond donors (Lipinski definition) is 0. The Hall–Kier alpha value is -4.62. The summed E-state index contributed by atoms with van der Waals surface area (Å²) in [5, 5.41) is 11.2. The smallest absolute Gasteiger partial charge is 0.270 e. The molecule has 4 aromatic rings. The highest BCUT2D eigenvalue weighted by Gasteiger charge is 2.41. The van der Waals surface area contributed by atoms with Gasteiger partial charge >= 0.3 is 0 Å². The normalized spacial score (nSPS) is 13.3. The van der Waals surface area contributed by atoms with Crippen LogP contribution in [0.1, 0.15) is 18.1 Å². The molecule has 0 atom stereocenters. The van der Waals surface area contributed by atoms with Gasteiger partial charge in [-0.1, -0.05) is 48.5 Å². The first kappa shape index (κ1) is 29.9. The van der Waals surface area contributed by atoms with E-state index in [2.05, 4.69) is 22.6 Å². The zero-order chi connectivity index (χ0) is 30.5. The van der Waals surface area contributed by atoms with Crippen molar-refractivity contribution < 1.29 is 24.0 Å². The van der Waals surface area contributed by atoms with E-state index in [9.17, 15) is 19.7 Å². The lowest BCUT2D eigenvalue weighted by molar-refractivity contribution is -0.384. The first-order chi connectivity index (χ1) is 20.8. The second kappa shape index (κ2) is 13.1. The van der Waals surface area contributed by atoms with Gasteiger partial charge in [0, 0.05) is 12.1 Å². The maximum Gasteiger partial charge on any atom is 0.270 e. The molecule has 5 rings (SSSR count). The summed E-state index contributed by atoms with van der Waals surface area (Å²) in [6.45, 7) is 2.23. The van der Waals surface area contributed by atoms with Crippen LogP contribution >= 0.6 is 34.8 Å². The Balaban J connectivity index is 1.53. The molecule has 216 valence electrons. The molecule has 0 radical (unpaired) electrons. The summed E-state index contributed by atoms with van der Waals surface area (Å²) >= 11 is 7.77. The number of non-ortho nitro benzene ring substituents is 1. The number of anilines is 2. The average Bonchev–Trinajstić information content (AvgIpc) is 3.00. The molecule has 9 nitrogen and oxygen atoms in total. The van der Waals surface area contributed by atoms with E-state index in [0.717, 1.165) is 0 Å². The monoisotopic (exact) mass is 705 g/mol. The predicted octanol–water partition coefficient (Wildman–Crippen LogP) is 6.93. The van der Waals surface area contributed by atoms with E-state index in [1.54, 1.807) is 72.8 Å². The predicted molar refractivity (Wildman–Crippen MR) is 176 cm³/mol. The Kier molecular flexibility index (Phi) is 9.12. The van der Waals surface area contributed by atoms with Crippen molar-refractivity contribution in [3.63, 3.8) is 0 Å². The van der Waals surface area contributed by atoms with E-state index in [1.165, 1.54) is 28.0 Å². The van der Waals surface area contributed by atoms with Crippen LogP contribution in [0.15, 0.2) is 103 Å². The molecule has 43 heavy (non-hydrogen) atoms. The number of thiocarbonyl (C=S) groups is 1. The first-order valence-electron chi connectivity index (χ1n) is 13.2. The van der Waals surface area contributed by atoms with Gasteiger partial charge in [0.25, 0.3) is 17.5 Å². The van der Waals surface area contributed by atoms with Gasteiger partial charge in [-0.15, -0.1) is 0 Å². The maximum absolute atomic E-state index is 13.8. The van der Waals surface area contributed by atoms with Crippen LogP contribution in [-0.4, -0.2) is 28.5 Å². The summed E-state index contributed by atoms with van der Waals surface area (Å²) in [5.74, 6) is -0.257. The fourth-order valence-electron chi connectivity index (χ4n) is 4.50. The second-order valence-electron chi connectivity index (χ2n) is 9.27. The Bertz CT molecular complexity index is 1680. The van der Waals surface area contributed by atoms with E-state index in [0.29, 0.717) is 44.2 Å². The number of amides is 2. The van der Waals surface area contributed by atoms with E-state index < -0.39 is 16.7 Å². The summed E-state index contributed by atoms with van der Waals surface area (Å²) < 4.78 is 12.6. The van der Waals surface area contributed by atoms with Crippen LogP contribution in [0.4, 0.5) is 17.1 Å². The Morgan fingerprint density at radius 2 is 1.47 bits per heavy atom. The number of benzene rings is 4. The fraction of sp³-hybridized carbons (Fsp3) is 0.0938. The average molecular weight is 706 g/mol.